The van der Waals surface area contributed by atoms with Gasteiger partial charge >= 0.3 is 5.69 Å². The van der Waals surface area contributed by atoms with Crippen molar-refractivity contribution in [2.75, 3.05) is 0 Å². The SMILES string of the molecule is Cc1nc(=O)n2c3ccccc3occ1-2. The fourth-order valence-corrected chi connectivity index (χ4v) is 1.75. The van der Waals surface area contributed by atoms with Gasteiger partial charge in [0.1, 0.15) is 12.0 Å². The minimum Gasteiger partial charge on any atom is -0.461 e. The first-order valence-corrected chi connectivity index (χ1v) is 4.63. The third-order valence-electron chi connectivity index (χ3n) is 2.47. The van der Waals surface area contributed by atoms with E-state index < -0.39 is 0 Å². The number of para-hydroxylation sites is 2. The van der Waals surface area contributed by atoms with Gasteiger partial charge in [0.05, 0.1) is 11.2 Å². The van der Waals surface area contributed by atoms with Crippen LogP contribution in [0.5, 0.6) is 0 Å². The van der Waals surface area contributed by atoms with Crippen LogP contribution >= 0.6 is 0 Å². The van der Waals surface area contributed by atoms with E-state index in [4.69, 9.17) is 4.42 Å². The smallest absolute Gasteiger partial charge is 0.353 e. The minimum atomic E-state index is -0.255. The van der Waals surface area contributed by atoms with Crippen LogP contribution in [-0.4, -0.2) is 9.55 Å². The van der Waals surface area contributed by atoms with Crippen LogP contribution in [0.4, 0.5) is 0 Å². The Morgan fingerprint density at radius 2 is 2.13 bits per heavy atom. The van der Waals surface area contributed by atoms with Gasteiger partial charge < -0.3 is 4.42 Å². The van der Waals surface area contributed by atoms with Crippen LogP contribution in [0.1, 0.15) is 5.69 Å². The molecule has 4 heteroatoms. The van der Waals surface area contributed by atoms with Gasteiger partial charge in [-0.1, -0.05) is 12.1 Å². The number of fused-ring (bicyclic) bond motifs is 3. The second-order valence-corrected chi connectivity index (χ2v) is 3.40. The van der Waals surface area contributed by atoms with Crippen molar-refractivity contribution in [1.29, 1.82) is 0 Å². The van der Waals surface area contributed by atoms with E-state index in [1.54, 1.807) is 17.8 Å². The number of imidazole rings is 1. The van der Waals surface area contributed by atoms with Crippen LogP contribution in [0, 0.1) is 6.92 Å². The van der Waals surface area contributed by atoms with E-state index >= 15 is 0 Å². The van der Waals surface area contributed by atoms with Crippen molar-refractivity contribution in [2.45, 2.75) is 6.92 Å². The standard InChI is InChI=1S/C11H8N2O2/c1-7-9-6-15-10-5-3-2-4-8(10)13(9)11(14)12-7/h2-6H,1H3. The number of aryl methyl sites for hydroxylation is 1. The summed E-state index contributed by atoms with van der Waals surface area (Å²) in [6.07, 6.45) is 1.56. The molecule has 3 rings (SSSR count). The molecule has 0 atom stereocenters. The highest BCUT2D eigenvalue weighted by Crippen LogP contribution is 2.20. The molecule has 2 aliphatic heterocycles. The van der Waals surface area contributed by atoms with Crippen LogP contribution in [0.15, 0.2) is 39.7 Å². The predicted molar refractivity (Wildman–Crippen MR) is 55.5 cm³/mol. The van der Waals surface area contributed by atoms with E-state index in [1.165, 1.54) is 0 Å². The molecule has 0 aromatic heterocycles. The molecule has 0 amide bonds. The van der Waals surface area contributed by atoms with Gasteiger partial charge in [0.2, 0.25) is 0 Å². The molecule has 4 nitrogen and oxygen atoms in total. The van der Waals surface area contributed by atoms with Crippen LogP contribution in [0.25, 0.3) is 16.8 Å². The molecule has 15 heavy (non-hydrogen) atoms. The highest BCUT2D eigenvalue weighted by Gasteiger charge is 2.14. The topological polar surface area (TPSA) is 48.0 Å². The summed E-state index contributed by atoms with van der Waals surface area (Å²) in [4.78, 5) is 15.5. The Morgan fingerprint density at radius 1 is 1.33 bits per heavy atom. The van der Waals surface area contributed by atoms with Gasteiger partial charge in [-0.25, -0.2) is 4.79 Å². The molecule has 0 fully saturated rings. The average Bonchev–Trinajstić information content (AvgIpc) is 2.55. The molecule has 0 saturated carbocycles. The summed E-state index contributed by atoms with van der Waals surface area (Å²) in [5.41, 5.74) is 2.59. The van der Waals surface area contributed by atoms with Gasteiger partial charge in [-0.05, 0) is 19.1 Å². The van der Waals surface area contributed by atoms with Crippen LogP contribution < -0.4 is 5.69 Å². The average molecular weight is 200 g/mol. The molecule has 0 aliphatic carbocycles. The molecule has 2 aliphatic rings. The number of benzene rings is 1. The monoisotopic (exact) mass is 200 g/mol. The first kappa shape index (κ1) is 8.23. The Balaban J connectivity index is 2.62. The summed E-state index contributed by atoms with van der Waals surface area (Å²) in [6, 6.07) is 7.40. The molecular formula is C11H8N2O2. The van der Waals surface area contributed by atoms with Gasteiger partial charge in [-0.2, -0.15) is 4.98 Å². The maximum atomic E-state index is 11.6. The van der Waals surface area contributed by atoms with Crippen molar-refractivity contribution >= 4 is 11.1 Å². The lowest BCUT2D eigenvalue weighted by atomic mass is 10.3. The van der Waals surface area contributed by atoms with Crippen molar-refractivity contribution < 1.29 is 4.42 Å². The lowest BCUT2D eigenvalue weighted by Crippen LogP contribution is -2.14. The van der Waals surface area contributed by atoms with Crippen molar-refractivity contribution in [1.82, 2.24) is 9.55 Å². The maximum Gasteiger partial charge on any atom is 0.353 e. The van der Waals surface area contributed by atoms with Gasteiger partial charge in [0, 0.05) is 0 Å². The Kier molecular flexibility index (Phi) is 1.48. The number of hydrogen-bond donors (Lipinski definition) is 0. The molecule has 74 valence electrons. The molecule has 0 unspecified atom stereocenters. The largest absolute Gasteiger partial charge is 0.461 e. The van der Waals surface area contributed by atoms with Gasteiger partial charge in [-0.3, -0.25) is 4.57 Å². The molecule has 1 aromatic rings. The molecule has 0 N–H and O–H groups in total. The number of rotatable bonds is 0. The third kappa shape index (κ3) is 1.01. The van der Waals surface area contributed by atoms with E-state index in [-0.39, 0.29) is 5.69 Å². The van der Waals surface area contributed by atoms with E-state index in [2.05, 4.69) is 4.98 Å². The Bertz CT molecular complexity index is 666. The highest BCUT2D eigenvalue weighted by atomic mass is 16.3. The molecule has 0 spiro atoms. The Morgan fingerprint density at radius 3 is 3.00 bits per heavy atom. The minimum absolute atomic E-state index is 0.255. The normalized spacial score (nSPS) is 11.3. The summed E-state index contributed by atoms with van der Waals surface area (Å²) >= 11 is 0. The quantitative estimate of drug-likeness (QED) is 0.555. The third-order valence-corrected chi connectivity index (χ3v) is 2.47. The summed E-state index contributed by atoms with van der Waals surface area (Å²) < 4.78 is 6.98. The molecular weight excluding hydrogens is 192 g/mol. The predicted octanol–water partition coefficient (Wildman–Crippen LogP) is 1.72. The van der Waals surface area contributed by atoms with E-state index in [0.717, 1.165) is 11.2 Å². The van der Waals surface area contributed by atoms with Gasteiger partial charge in [0.25, 0.3) is 0 Å². The van der Waals surface area contributed by atoms with Crippen molar-refractivity contribution in [3.8, 4) is 5.69 Å². The fourth-order valence-electron chi connectivity index (χ4n) is 1.75. The summed E-state index contributed by atoms with van der Waals surface area (Å²) in [7, 11) is 0. The molecule has 1 aromatic carbocycles. The second kappa shape index (κ2) is 2.70. The lowest BCUT2D eigenvalue weighted by Gasteiger charge is -2.05. The van der Waals surface area contributed by atoms with E-state index in [0.29, 0.717) is 11.3 Å². The fraction of sp³-hybridized carbons (Fsp3) is 0.0909. The van der Waals surface area contributed by atoms with Crippen molar-refractivity contribution in [2.24, 2.45) is 0 Å². The molecule has 2 heterocycles. The molecule has 0 bridgehead atoms. The van der Waals surface area contributed by atoms with Crippen molar-refractivity contribution in [3.63, 3.8) is 0 Å². The van der Waals surface area contributed by atoms with Crippen molar-refractivity contribution in [3.05, 3.63) is 46.7 Å². The first-order valence-electron chi connectivity index (χ1n) is 4.63. The highest BCUT2D eigenvalue weighted by molar-refractivity contribution is 5.75. The first-order chi connectivity index (χ1) is 7.27. The van der Waals surface area contributed by atoms with E-state index in [9.17, 15) is 4.79 Å². The van der Waals surface area contributed by atoms with Crippen LogP contribution in [0.3, 0.4) is 0 Å². The zero-order valence-electron chi connectivity index (χ0n) is 8.10. The molecule has 0 saturated heterocycles. The number of hydrogen-bond acceptors (Lipinski definition) is 3. The zero-order chi connectivity index (χ0) is 10.4. The van der Waals surface area contributed by atoms with Gasteiger partial charge in [0.15, 0.2) is 5.58 Å². The second-order valence-electron chi connectivity index (χ2n) is 3.40. The number of aromatic nitrogens is 2. The zero-order valence-corrected chi connectivity index (χ0v) is 8.10. The lowest BCUT2D eigenvalue weighted by molar-refractivity contribution is 0.592. The summed E-state index contributed by atoms with van der Waals surface area (Å²) in [5.74, 6) is 0. The maximum absolute atomic E-state index is 11.6. The van der Waals surface area contributed by atoms with Crippen LogP contribution in [-0.2, 0) is 0 Å². The summed E-state index contributed by atoms with van der Waals surface area (Å²) in [5, 5.41) is 0. The number of nitrogens with zero attached hydrogens (tertiary/aromatic N) is 2. The van der Waals surface area contributed by atoms with Gasteiger partial charge in [-0.15, -0.1) is 0 Å². The Labute approximate surface area is 85.1 Å². The van der Waals surface area contributed by atoms with E-state index in [1.807, 2.05) is 24.3 Å². The van der Waals surface area contributed by atoms with Crippen LogP contribution in [0.2, 0.25) is 0 Å². The Hall–Kier alpha value is -2.10. The summed E-state index contributed by atoms with van der Waals surface area (Å²) in [6.45, 7) is 1.79. The molecule has 0 radical (unpaired) electrons.